The summed E-state index contributed by atoms with van der Waals surface area (Å²) >= 11 is 1.59. The third-order valence-electron chi connectivity index (χ3n) is 2.56. The van der Waals surface area contributed by atoms with Crippen LogP contribution < -0.4 is 11.1 Å². The topological polar surface area (TPSA) is 80.4 Å². The molecule has 0 fully saturated rings. The van der Waals surface area contributed by atoms with E-state index in [1.54, 1.807) is 16.8 Å². The maximum absolute atomic E-state index is 8.55. The molecular formula is C12H17N3O2S. The number of anilines is 2. The van der Waals surface area contributed by atoms with E-state index in [2.05, 4.69) is 10.3 Å². The molecule has 5 nitrogen and oxygen atoms in total. The molecule has 2 aromatic rings. The van der Waals surface area contributed by atoms with Crippen LogP contribution in [0.3, 0.4) is 0 Å². The number of nitrogens with one attached hydrogen (secondary N) is 1. The van der Waals surface area contributed by atoms with Gasteiger partial charge in [-0.05, 0) is 18.6 Å². The second kappa shape index (κ2) is 6.53. The van der Waals surface area contributed by atoms with Crippen LogP contribution in [-0.4, -0.2) is 36.5 Å². The van der Waals surface area contributed by atoms with Crippen LogP contribution in [-0.2, 0) is 4.74 Å². The van der Waals surface area contributed by atoms with Crippen LogP contribution in [0.2, 0.25) is 0 Å². The number of hydrogen-bond donors (Lipinski definition) is 3. The fourth-order valence-corrected chi connectivity index (χ4v) is 2.36. The zero-order valence-corrected chi connectivity index (χ0v) is 10.9. The number of aliphatic hydroxyl groups is 1. The van der Waals surface area contributed by atoms with Gasteiger partial charge in [0.15, 0.2) is 0 Å². The molecule has 0 radical (unpaired) electrons. The van der Waals surface area contributed by atoms with E-state index >= 15 is 0 Å². The summed E-state index contributed by atoms with van der Waals surface area (Å²) in [6.45, 7) is 1.88. The largest absolute Gasteiger partial charge is 0.395 e. The summed E-state index contributed by atoms with van der Waals surface area (Å²) in [5, 5.41) is 11.8. The number of hydrogen-bond acceptors (Lipinski definition) is 6. The summed E-state index contributed by atoms with van der Waals surface area (Å²) in [6, 6.07) is 4.00. The van der Waals surface area contributed by atoms with E-state index in [1.165, 1.54) is 0 Å². The maximum atomic E-state index is 8.55. The lowest BCUT2D eigenvalue weighted by atomic mass is 10.2. The molecule has 98 valence electrons. The number of aromatic nitrogens is 1. The third kappa shape index (κ3) is 3.10. The predicted molar refractivity (Wildman–Crippen MR) is 75.0 cm³/mol. The Kier molecular flexibility index (Phi) is 4.74. The van der Waals surface area contributed by atoms with Crippen molar-refractivity contribution in [1.29, 1.82) is 0 Å². The van der Waals surface area contributed by atoms with Crippen molar-refractivity contribution < 1.29 is 9.84 Å². The van der Waals surface area contributed by atoms with E-state index in [0.717, 1.165) is 28.9 Å². The van der Waals surface area contributed by atoms with E-state index in [0.29, 0.717) is 18.9 Å². The molecule has 0 bridgehead atoms. The molecule has 1 aromatic carbocycles. The Bertz CT molecular complexity index is 501. The van der Waals surface area contributed by atoms with Crippen molar-refractivity contribution in [3.8, 4) is 0 Å². The Morgan fingerprint density at radius 2 is 2.28 bits per heavy atom. The molecule has 0 spiro atoms. The molecule has 2 rings (SSSR count). The van der Waals surface area contributed by atoms with E-state index in [9.17, 15) is 0 Å². The predicted octanol–water partition coefficient (Wildman–Crippen LogP) is 1.69. The van der Waals surface area contributed by atoms with Gasteiger partial charge in [0, 0.05) is 13.2 Å². The minimum absolute atomic E-state index is 0.0703. The van der Waals surface area contributed by atoms with Crippen LogP contribution in [0.1, 0.15) is 6.42 Å². The number of nitrogens with two attached hydrogens (primary N) is 1. The van der Waals surface area contributed by atoms with Gasteiger partial charge in [-0.15, -0.1) is 11.3 Å². The first-order valence-corrected chi connectivity index (χ1v) is 6.75. The second-order valence-electron chi connectivity index (χ2n) is 3.84. The van der Waals surface area contributed by atoms with Crippen molar-refractivity contribution >= 4 is 32.9 Å². The Balaban J connectivity index is 1.86. The molecule has 0 amide bonds. The molecule has 0 atom stereocenters. The number of aliphatic hydroxyl groups excluding tert-OH is 1. The van der Waals surface area contributed by atoms with Gasteiger partial charge in [0.1, 0.15) is 5.52 Å². The Labute approximate surface area is 110 Å². The first-order chi connectivity index (χ1) is 8.83. The van der Waals surface area contributed by atoms with Crippen molar-refractivity contribution in [2.75, 3.05) is 37.4 Å². The molecule has 4 N–H and O–H groups in total. The summed E-state index contributed by atoms with van der Waals surface area (Å²) in [5.74, 6) is 0. The normalized spacial score (nSPS) is 10.9. The summed E-state index contributed by atoms with van der Waals surface area (Å²) in [7, 11) is 0. The fourth-order valence-electron chi connectivity index (χ4n) is 1.67. The average molecular weight is 267 g/mol. The Morgan fingerprint density at radius 3 is 3.11 bits per heavy atom. The minimum Gasteiger partial charge on any atom is -0.395 e. The quantitative estimate of drug-likeness (QED) is 0.525. The highest BCUT2D eigenvalue weighted by Gasteiger charge is 2.05. The number of ether oxygens (including phenoxy) is 1. The van der Waals surface area contributed by atoms with E-state index in [1.807, 2.05) is 12.1 Å². The van der Waals surface area contributed by atoms with Crippen LogP contribution in [0.5, 0.6) is 0 Å². The minimum atomic E-state index is 0.0703. The van der Waals surface area contributed by atoms with E-state index in [-0.39, 0.29) is 6.61 Å². The number of nitrogen functional groups attached to an aromatic ring is 1. The molecule has 1 heterocycles. The first kappa shape index (κ1) is 13.1. The van der Waals surface area contributed by atoms with Gasteiger partial charge in [0.2, 0.25) is 0 Å². The highest BCUT2D eigenvalue weighted by molar-refractivity contribution is 7.16. The van der Waals surface area contributed by atoms with Crippen LogP contribution in [0.4, 0.5) is 11.4 Å². The lowest BCUT2D eigenvalue weighted by molar-refractivity contribution is 0.0922. The van der Waals surface area contributed by atoms with Gasteiger partial charge < -0.3 is 20.9 Å². The molecule has 0 unspecified atom stereocenters. The van der Waals surface area contributed by atoms with Crippen molar-refractivity contribution in [3.63, 3.8) is 0 Å². The van der Waals surface area contributed by atoms with Crippen molar-refractivity contribution in [2.24, 2.45) is 0 Å². The Hall–Kier alpha value is -1.37. The van der Waals surface area contributed by atoms with Crippen molar-refractivity contribution in [2.45, 2.75) is 6.42 Å². The van der Waals surface area contributed by atoms with Crippen molar-refractivity contribution in [3.05, 3.63) is 17.6 Å². The summed E-state index contributed by atoms with van der Waals surface area (Å²) < 4.78 is 6.28. The molecule has 0 saturated heterocycles. The number of nitrogens with zero attached hydrogens (tertiary/aromatic N) is 1. The summed E-state index contributed by atoms with van der Waals surface area (Å²) in [5.41, 5.74) is 10.3. The standard InChI is InChI=1S/C12H17N3O2S/c13-11-9(14-4-1-6-17-7-5-16)2-3-10-12(11)15-8-18-10/h2-3,8,14,16H,1,4-7,13H2. The lowest BCUT2D eigenvalue weighted by Crippen LogP contribution is -2.08. The third-order valence-corrected chi connectivity index (χ3v) is 3.35. The molecular weight excluding hydrogens is 250 g/mol. The van der Waals surface area contributed by atoms with Crippen LogP contribution >= 0.6 is 11.3 Å². The van der Waals surface area contributed by atoms with Gasteiger partial charge in [-0.1, -0.05) is 0 Å². The number of benzene rings is 1. The van der Waals surface area contributed by atoms with Crippen LogP contribution in [0.15, 0.2) is 17.6 Å². The number of thiazole rings is 1. The molecule has 0 saturated carbocycles. The van der Waals surface area contributed by atoms with Crippen molar-refractivity contribution in [1.82, 2.24) is 4.98 Å². The fraction of sp³-hybridized carbons (Fsp3) is 0.417. The molecule has 6 heteroatoms. The van der Waals surface area contributed by atoms with E-state index < -0.39 is 0 Å². The number of fused-ring (bicyclic) bond motifs is 1. The van der Waals surface area contributed by atoms with Gasteiger partial charge >= 0.3 is 0 Å². The molecule has 0 aliphatic carbocycles. The Morgan fingerprint density at radius 1 is 1.39 bits per heavy atom. The molecule has 0 aliphatic rings. The zero-order chi connectivity index (χ0) is 12.8. The molecule has 18 heavy (non-hydrogen) atoms. The molecule has 0 aliphatic heterocycles. The smallest absolute Gasteiger partial charge is 0.106 e. The maximum Gasteiger partial charge on any atom is 0.106 e. The summed E-state index contributed by atoms with van der Waals surface area (Å²) in [6.07, 6.45) is 0.870. The zero-order valence-electron chi connectivity index (χ0n) is 10.1. The second-order valence-corrected chi connectivity index (χ2v) is 4.73. The summed E-state index contributed by atoms with van der Waals surface area (Å²) in [4.78, 5) is 4.25. The highest BCUT2D eigenvalue weighted by Crippen LogP contribution is 2.29. The number of rotatable bonds is 7. The average Bonchev–Trinajstić information content (AvgIpc) is 2.85. The van der Waals surface area contributed by atoms with Gasteiger partial charge in [-0.3, -0.25) is 0 Å². The van der Waals surface area contributed by atoms with Gasteiger partial charge in [0.25, 0.3) is 0 Å². The monoisotopic (exact) mass is 267 g/mol. The van der Waals surface area contributed by atoms with Crippen LogP contribution in [0.25, 0.3) is 10.2 Å². The van der Waals surface area contributed by atoms with Gasteiger partial charge in [0.05, 0.1) is 34.8 Å². The van der Waals surface area contributed by atoms with Gasteiger partial charge in [-0.25, -0.2) is 4.98 Å². The SMILES string of the molecule is Nc1c(NCCCOCCO)ccc2scnc12. The van der Waals surface area contributed by atoms with Gasteiger partial charge in [-0.2, -0.15) is 0 Å². The highest BCUT2D eigenvalue weighted by atomic mass is 32.1. The first-order valence-electron chi connectivity index (χ1n) is 5.87. The molecule has 1 aromatic heterocycles. The van der Waals surface area contributed by atoms with E-state index in [4.69, 9.17) is 15.6 Å². The van der Waals surface area contributed by atoms with Crippen LogP contribution in [0, 0.1) is 0 Å². The lowest BCUT2D eigenvalue weighted by Gasteiger charge is -2.09.